The molecule has 0 atom stereocenters. The van der Waals surface area contributed by atoms with Crippen LogP contribution < -0.4 is 5.73 Å². The maximum absolute atomic E-state index is 14.9. The summed E-state index contributed by atoms with van der Waals surface area (Å²) in [5.41, 5.74) is 7.74. The first-order valence-corrected chi connectivity index (χ1v) is 16.1. The molecule has 4 nitrogen and oxygen atoms in total. The third kappa shape index (κ3) is 9.87. The number of nitrogens with zero attached hydrogens (tertiary/aromatic N) is 1. The molecule has 0 aliphatic heterocycles. The average molecular weight is 691 g/mol. The number of thioether (sulfide) groups is 2. The highest BCUT2D eigenvalue weighted by Crippen LogP contribution is 2.32. The highest BCUT2D eigenvalue weighted by molar-refractivity contribution is 8.15. The van der Waals surface area contributed by atoms with Crippen LogP contribution in [0.3, 0.4) is 0 Å². The highest BCUT2D eigenvalue weighted by atomic mass is 32.2. The minimum Gasteiger partial charge on any atom is -0.330 e. The lowest BCUT2D eigenvalue weighted by molar-refractivity contribution is -0.117. The van der Waals surface area contributed by atoms with Crippen molar-refractivity contribution in [2.45, 2.75) is 22.6 Å². The molecule has 0 bridgehead atoms. The number of halogens is 5. The summed E-state index contributed by atoms with van der Waals surface area (Å²) in [5.74, 6) is -3.14. The largest absolute Gasteiger partial charge is 0.330 e. The van der Waals surface area contributed by atoms with Crippen LogP contribution in [0.4, 0.5) is 22.0 Å². The van der Waals surface area contributed by atoms with Crippen molar-refractivity contribution < 1.29 is 31.5 Å². The van der Waals surface area contributed by atoms with Crippen LogP contribution in [0.25, 0.3) is 33.4 Å². The molecule has 0 amide bonds. The van der Waals surface area contributed by atoms with E-state index in [1.165, 1.54) is 30.3 Å². The van der Waals surface area contributed by atoms with E-state index in [4.69, 9.17) is 11.0 Å². The molecule has 244 valence electrons. The van der Waals surface area contributed by atoms with Crippen molar-refractivity contribution >= 4 is 33.8 Å². The molecule has 5 aromatic carbocycles. The summed E-state index contributed by atoms with van der Waals surface area (Å²) >= 11 is 1.84. The Labute approximate surface area is 282 Å². The van der Waals surface area contributed by atoms with Crippen LogP contribution in [0, 0.1) is 34.6 Å². The van der Waals surface area contributed by atoms with Crippen LogP contribution in [0.15, 0.2) is 113 Å². The monoisotopic (exact) mass is 690 g/mol. The molecule has 0 aliphatic carbocycles. The number of alkyl halides is 1. The molecule has 0 radical (unpaired) electrons. The first-order chi connectivity index (χ1) is 23.1. The van der Waals surface area contributed by atoms with Gasteiger partial charge in [0.1, 0.15) is 17.7 Å². The number of carbonyl (C=O) groups is 2. The van der Waals surface area contributed by atoms with Crippen molar-refractivity contribution in [3.63, 3.8) is 0 Å². The number of nitrogens with two attached hydrogens (primary N) is 1. The van der Waals surface area contributed by atoms with Crippen molar-refractivity contribution in [2.75, 3.05) is 13.2 Å². The first kappa shape index (κ1) is 36.1. The molecular weight excluding hydrogens is 664 g/mol. The minimum absolute atomic E-state index is 0.116. The number of benzene rings is 5. The SMILES string of the molecule is N#Cc1ccc(-c2ccc(-c3ccc(SC(=O)CC(=O)Sc4ccc(-c5ccc(F)c(F)c5)cc4)cc3)cc2F)cc1F.NCCCF. The lowest BCUT2D eigenvalue weighted by Gasteiger charge is -2.08. The van der Waals surface area contributed by atoms with Gasteiger partial charge in [0.15, 0.2) is 11.6 Å². The van der Waals surface area contributed by atoms with E-state index in [1.807, 2.05) is 0 Å². The van der Waals surface area contributed by atoms with Crippen LogP contribution in [0.1, 0.15) is 18.4 Å². The van der Waals surface area contributed by atoms with Gasteiger partial charge < -0.3 is 5.73 Å². The number of hydrogen-bond donors (Lipinski definition) is 1. The molecule has 0 heterocycles. The lowest BCUT2D eigenvalue weighted by atomic mass is 9.99. The Bertz CT molecular complexity index is 1940. The zero-order valence-electron chi connectivity index (χ0n) is 25.2. The second kappa shape index (κ2) is 17.4. The quantitative estimate of drug-likeness (QED) is 0.0942. The molecule has 0 spiro atoms. The second-order valence-electron chi connectivity index (χ2n) is 10.1. The molecule has 0 aromatic heterocycles. The summed E-state index contributed by atoms with van der Waals surface area (Å²) in [5, 5.41) is 8.21. The summed E-state index contributed by atoms with van der Waals surface area (Å²) in [6.07, 6.45) is 0.199. The smallest absolute Gasteiger partial charge is 0.201 e. The van der Waals surface area contributed by atoms with E-state index in [-0.39, 0.29) is 34.5 Å². The van der Waals surface area contributed by atoms with Gasteiger partial charge in [-0.3, -0.25) is 14.0 Å². The Kier molecular flexibility index (Phi) is 13.1. The Morgan fingerprint density at radius 3 is 1.52 bits per heavy atom. The molecule has 5 rings (SSSR count). The predicted octanol–water partition coefficient (Wildman–Crippen LogP) is 9.75. The third-order valence-corrected chi connectivity index (χ3v) is 8.51. The molecule has 0 aliphatic rings. The van der Waals surface area contributed by atoms with E-state index < -0.39 is 23.3 Å². The topological polar surface area (TPSA) is 84.0 Å². The van der Waals surface area contributed by atoms with Crippen molar-refractivity contribution in [2.24, 2.45) is 5.73 Å². The Balaban J connectivity index is 0.000000968. The Morgan fingerprint density at radius 1 is 0.604 bits per heavy atom. The maximum atomic E-state index is 14.9. The zero-order valence-corrected chi connectivity index (χ0v) is 26.8. The second-order valence-corrected chi connectivity index (χ2v) is 12.4. The van der Waals surface area contributed by atoms with Gasteiger partial charge in [0.05, 0.1) is 18.7 Å². The van der Waals surface area contributed by atoms with Gasteiger partial charge in [0.25, 0.3) is 0 Å². The highest BCUT2D eigenvalue weighted by Gasteiger charge is 2.15. The van der Waals surface area contributed by atoms with E-state index in [0.717, 1.165) is 41.7 Å². The zero-order chi connectivity index (χ0) is 34.6. The average Bonchev–Trinajstić information content (AvgIpc) is 3.07. The summed E-state index contributed by atoms with van der Waals surface area (Å²) in [6.45, 7) is 0.188. The first-order valence-electron chi connectivity index (χ1n) is 14.4. The molecule has 11 heteroatoms. The van der Waals surface area contributed by atoms with Gasteiger partial charge in [-0.05, 0) is 95.4 Å². The summed E-state index contributed by atoms with van der Waals surface area (Å²) in [7, 11) is 0. The van der Waals surface area contributed by atoms with E-state index in [2.05, 4.69) is 0 Å². The molecule has 2 N–H and O–H groups in total. The number of carbonyl (C=O) groups excluding carboxylic acids is 2. The van der Waals surface area contributed by atoms with Gasteiger partial charge in [0, 0.05) is 15.4 Å². The fourth-order valence-electron chi connectivity index (χ4n) is 4.34. The third-order valence-electron chi connectivity index (χ3n) is 6.75. The Hall–Kier alpha value is -4.76. The minimum atomic E-state index is -0.945. The molecule has 0 saturated carbocycles. The van der Waals surface area contributed by atoms with Crippen molar-refractivity contribution in [1.29, 1.82) is 5.26 Å². The van der Waals surface area contributed by atoms with Crippen LogP contribution in [0.5, 0.6) is 0 Å². The van der Waals surface area contributed by atoms with Gasteiger partial charge in [-0.25, -0.2) is 17.6 Å². The van der Waals surface area contributed by atoms with E-state index in [1.54, 1.807) is 60.7 Å². The van der Waals surface area contributed by atoms with Gasteiger partial charge in [-0.2, -0.15) is 5.26 Å². The van der Waals surface area contributed by atoms with Crippen molar-refractivity contribution in [3.05, 3.63) is 132 Å². The lowest BCUT2D eigenvalue weighted by Crippen LogP contribution is -2.00. The molecule has 0 saturated heterocycles. The molecule has 5 aromatic rings. The molecule has 0 unspecified atom stereocenters. The van der Waals surface area contributed by atoms with E-state index in [9.17, 15) is 31.5 Å². The van der Waals surface area contributed by atoms with Crippen molar-refractivity contribution in [1.82, 2.24) is 0 Å². The number of nitriles is 1. The van der Waals surface area contributed by atoms with Crippen molar-refractivity contribution in [3.8, 4) is 39.4 Å². The van der Waals surface area contributed by atoms with Crippen LogP contribution >= 0.6 is 23.5 Å². The summed E-state index contributed by atoms with van der Waals surface area (Å²) in [4.78, 5) is 26.2. The summed E-state index contributed by atoms with van der Waals surface area (Å²) in [6, 6.07) is 27.4. The Morgan fingerprint density at radius 2 is 1.08 bits per heavy atom. The van der Waals surface area contributed by atoms with Gasteiger partial charge in [0.2, 0.25) is 10.2 Å². The van der Waals surface area contributed by atoms with E-state index in [0.29, 0.717) is 50.6 Å². The molecule has 0 fully saturated rings. The van der Waals surface area contributed by atoms with Crippen LogP contribution in [-0.4, -0.2) is 23.4 Å². The number of hydrogen-bond acceptors (Lipinski definition) is 6. The molecular formula is C37H27F5N2O2S2. The van der Waals surface area contributed by atoms with Gasteiger partial charge in [-0.1, -0.05) is 72.1 Å². The molecule has 48 heavy (non-hydrogen) atoms. The maximum Gasteiger partial charge on any atom is 0.201 e. The standard InChI is InChI=1S/C34H19F4NO2S2.C3H8FN/c35-29-14-8-23(16-32(29)38)21-5-11-27(12-6-21)43-34(41)18-33(40)42-26-9-3-20(4-10-26)22-7-13-28(31(37)15-22)24-1-2-25(19-39)30(36)17-24;4-2-1-3-5/h1-17H,18H2;1-3,5H2. The van der Waals surface area contributed by atoms with Gasteiger partial charge in [-0.15, -0.1) is 0 Å². The van der Waals surface area contributed by atoms with Crippen LogP contribution in [0.2, 0.25) is 0 Å². The van der Waals surface area contributed by atoms with Crippen LogP contribution in [-0.2, 0) is 9.59 Å². The fourth-order valence-corrected chi connectivity index (χ4v) is 5.91. The van der Waals surface area contributed by atoms with Gasteiger partial charge >= 0.3 is 0 Å². The normalized spacial score (nSPS) is 10.5. The summed E-state index contributed by atoms with van der Waals surface area (Å²) < 4.78 is 66.5. The van der Waals surface area contributed by atoms with E-state index >= 15 is 0 Å². The predicted molar refractivity (Wildman–Crippen MR) is 180 cm³/mol. The fraction of sp³-hybridized carbons (Fsp3) is 0.108. The number of rotatable bonds is 9.